The number of nitrogens with zero attached hydrogens (tertiary/aromatic N) is 1. The first-order valence-corrected chi connectivity index (χ1v) is 8.11. The molecule has 1 heterocycles. The van der Waals surface area contributed by atoms with E-state index in [0.717, 1.165) is 20.7 Å². The molecule has 2 N–H and O–H groups in total. The fourth-order valence-electron chi connectivity index (χ4n) is 2.21. The largest absolute Gasteiger partial charge is 0.383 e. The molecule has 1 atom stereocenters. The molecule has 1 aromatic carbocycles. The van der Waals surface area contributed by atoms with Gasteiger partial charge in [0.1, 0.15) is 5.01 Å². The fourth-order valence-corrected chi connectivity index (χ4v) is 3.41. The molecule has 0 aliphatic carbocycles. The lowest BCUT2D eigenvalue weighted by Gasteiger charge is -2.27. The summed E-state index contributed by atoms with van der Waals surface area (Å²) < 4.78 is 6.42. The molecule has 1 amide bonds. The normalized spacial score (nSPS) is 13.9. The van der Waals surface area contributed by atoms with Crippen LogP contribution < -0.4 is 5.73 Å². The Morgan fingerprint density at radius 3 is 2.67 bits per heavy atom. The van der Waals surface area contributed by atoms with Gasteiger partial charge >= 0.3 is 0 Å². The van der Waals surface area contributed by atoms with E-state index in [2.05, 4.69) is 40.0 Å². The first kappa shape index (κ1) is 16.1. The number of benzene rings is 1. The molecule has 112 valence electrons. The van der Waals surface area contributed by atoms with Crippen molar-refractivity contribution in [1.29, 1.82) is 0 Å². The molecule has 0 spiro atoms. The molecule has 6 heteroatoms. The fraction of sp³-hybridized carbons (Fsp3) is 0.333. The van der Waals surface area contributed by atoms with Gasteiger partial charge in [-0.2, -0.15) is 0 Å². The number of carbonyl (C=O) groups is 1. The second kappa shape index (κ2) is 6.68. The van der Waals surface area contributed by atoms with Crippen LogP contribution in [0.15, 0.2) is 34.1 Å². The summed E-state index contributed by atoms with van der Waals surface area (Å²) in [5.41, 5.74) is 6.88. The van der Waals surface area contributed by atoms with Gasteiger partial charge in [0.15, 0.2) is 0 Å². The summed E-state index contributed by atoms with van der Waals surface area (Å²) in [4.78, 5) is 15.6. The zero-order valence-electron chi connectivity index (χ0n) is 11.9. The predicted molar refractivity (Wildman–Crippen MR) is 87.5 cm³/mol. The summed E-state index contributed by atoms with van der Waals surface area (Å²) in [7, 11) is 1.67. The van der Waals surface area contributed by atoms with Crippen LogP contribution in [0.2, 0.25) is 0 Å². The quantitative estimate of drug-likeness (QED) is 0.852. The van der Waals surface area contributed by atoms with Crippen LogP contribution in [0.4, 0.5) is 0 Å². The van der Waals surface area contributed by atoms with E-state index in [9.17, 15) is 4.79 Å². The van der Waals surface area contributed by atoms with Crippen molar-refractivity contribution in [2.45, 2.75) is 18.8 Å². The van der Waals surface area contributed by atoms with Crippen molar-refractivity contribution in [2.24, 2.45) is 5.73 Å². The predicted octanol–water partition coefficient (Wildman–Crippen LogP) is 2.89. The molecule has 2 rings (SSSR count). The molecule has 2 aromatic rings. The highest BCUT2D eigenvalue weighted by atomic mass is 79.9. The van der Waals surface area contributed by atoms with Crippen LogP contribution in [-0.2, 0) is 21.4 Å². The van der Waals surface area contributed by atoms with Crippen molar-refractivity contribution in [3.63, 3.8) is 0 Å². The molecule has 4 nitrogen and oxygen atoms in total. The minimum atomic E-state index is -0.368. The topological polar surface area (TPSA) is 65.2 Å². The standard InChI is InChI=1S/C15H17BrN2O2S/c1-15(9-20-2,10-3-5-11(16)6-4-10)12-8-21-14(18-12)7-13(17)19/h3-6,8H,7,9H2,1-2H3,(H2,17,19). The van der Waals surface area contributed by atoms with E-state index in [0.29, 0.717) is 6.61 Å². The summed E-state index contributed by atoms with van der Waals surface area (Å²) in [5, 5.41) is 2.70. The minimum absolute atomic E-state index is 0.175. The van der Waals surface area contributed by atoms with Crippen LogP contribution in [0.5, 0.6) is 0 Å². The summed E-state index contributed by atoms with van der Waals surface area (Å²) in [6.07, 6.45) is 0.175. The minimum Gasteiger partial charge on any atom is -0.383 e. The number of aromatic nitrogens is 1. The van der Waals surface area contributed by atoms with E-state index >= 15 is 0 Å². The van der Waals surface area contributed by atoms with Gasteiger partial charge in [0.05, 0.1) is 24.1 Å². The van der Waals surface area contributed by atoms with Gasteiger partial charge in [-0.15, -0.1) is 11.3 Å². The van der Waals surface area contributed by atoms with Gasteiger partial charge in [0.2, 0.25) is 5.91 Å². The van der Waals surface area contributed by atoms with Gasteiger partial charge in [-0.1, -0.05) is 28.1 Å². The van der Waals surface area contributed by atoms with Crippen LogP contribution in [0.25, 0.3) is 0 Å². The highest BCUT2D eigenvalue weighted by Crippen LogP contribution is 2.33. The second-order valence-electron chi connectivity index (χ2n) is 5.04. The van der Waals surface area contributed by atoms with E-state index in [1.807, 2.05) is 17.5 Å². The Kier molecular flexibility index (Phi) is 5.13. The van der Waals surface area contributed by atoms with Gasteiger partial charge in [-0.25, -0.2) is 4.98 Å². The Morgan fingerprint density at radius 1 is 1.43 bits per heavy atom. The second-order valence-corrected chi connectivity index (χ2v) is 6.90. The van der Waals surface area contributed by atoms with Gasteiger partial charge < -0.3 is 10.5 Å². The van der Waals surface area contributed by atoms with Crippen molar-refractivity contribution in [2.75, 3.05) is 13.7 Å². The van der Waals surface area contributed by atoms with Crippen molar-refractivity contribution in [1.82, 2.24) is 4.98 Å². The van der Waals surface area contributed by atoms with Crippen LogP contribution in [0.3, 0.4) is 0 Å². The number of halogens is 1. The third kappa shape index (κ3) is 3.70. The maximum Gasteiger partial charge on any atom is 0.224 e. The summed E-state index contributed by atoms with van der Waals surface area (Å²) in [5.74, 6) is -0.368. The van der Waals surface area contributed by atoms with E-state index in [-0.39, 0.29) is 17.7 Å². The first-order chi connectivity index (χ1) is 9.95. The van der Waals surface area contributed by atoms with E-state index in [1.54, 1.807) is 7.11 Å². The lowest BCUT2D eigenvalue weighted by atomic mass is 9.81. The Labute approximate surface area is 136 Å². The summed E-state index contributed by atoms with van der Waals surface area (Å²) in [6, 6.07) is 8.10. The lowest BCUT2D eigenvalue weighted by molar-refractivity contribution is -0.117. The summed E-state index contributed by atoms with van der Waals surface area (Å²) >= 11 is 4.89. The number of ether oxygens (including phenoxy) is 1. The Bertz CT molecular complexity index is 627. The lowest BCUT2D eigenvalue weighted by Crippen LogP contribution is -2.30. The van der Waals surface area contributed by atoms with E-state index < -0.39 is 0 Å². The van der Waals surface area contributed by atoms with Crippen LogP contribution in [-0.4, -0.2) is 24.6 Å². The molecule has 0 aliphatic rings. The molecule has 0 aliphatic heterocycles. The van der Waals surface area contributed by atoms with Gasteiger partial charge in [-0.05, 0) is 24.6 Å². The highest BCUT2D eigenvalue weighted by molar-refractivity contribution is 9.10. The van der Waals surface area contributed by atoms with Crippen molar-refractivity contribution < 1.29 is 9.53 Å². The Balaban J connectivity index is 2.39. The molecule has 0 saturated heterocycles. The number of hydrogen-bond acceptors (Lipinski definition) is 4. The number of carbonyl (C=O) groups excluding carboxylic acids is 1. The molecular weight excluding hydrogens is 352 g/mol. The molecule has 0 radical (unpaired) electrons. The number of nitrogens with two attached hydrogens (primary N) is 1. The molecule has 1 unspecified atom stereocenters. The van der Waals surface area contributed by atoms with Gasteiger partial charge in [0.25, 0.3) is 0 Å². The maximum absolute atomic E-state index is 11.0. The Morgan fingerprint density at radius 2 is 2.10 bits per heavy atom. The molecule has 0 fully saturated rings. The smallest absolute Gasteiger partial charge is 0.224 e. The van der Waals surface area contributed by atoms with Crippen molar-refractivity contribution >= 4 is 33.2 Å². The van der Waals surface area contributed by atoms with Gasteiger partial charge in [0, 0.05) is 17.0 Å². The molecule has 21 heavy (non-hydrogen) atoms. The van der Waals surface area contributed by atoms with E-state index in [4.69, 9.17) is 10.5 Å². The maximum atomic E-state index is 11.0. The first-order valence-electron chi connectivity index (χ1n) is 6.44. The van der Waals surface area contributed by atoms with Crippen molar-refractivity contribution in [3.8, 4) is 0 Å². The third-order valence-electron chi connectivity index (χ3n) is 3.36. The summed E-state index contributed by atoms with van der Waals surface area (Å²) in [6.45, 7) is 2.59. The van der Waals surface area contributed by atoms with Crippen LogP contribution in [0, 0.1) is 0 Å². The number of rotatable bonds is 6. The average Bonchev–Trinajstić information content (AvgIpc) is 2.88. The van der Waals surface area contributed by atoms with E-state index in [1.165, 1.54) is 11.3 Å². The number of amides is 1. The molecular formula is C15H17BrN2O2S. The zero-order valence-corrected chi connectivity index (χ0v) is 14.3. The van der Waals surface area contributed by atoms with Crippen molar-refractivity contribution in [3.05, 3.63) is 50.4 Å². The molecule has 1 aromatic heterocycles. The Hall–Kier alpha value is -1.24. The number of thiazole rings is 1. The monoisotopic (exact) mass is 368 g/mol. The number of hydrogen-bond donors (Lipinski definition) is 1. The van der Waals surface area contributed by atoms with Crippen LogP contribution >= 0.6 is 27.3 Å². The highest BCUT2D eigenvalue weighted by Gasteiger charge is 2.31. The molecule has 0 saturated carbocycles. The number of primary amides is 1. The van der Waals surface area contributed by atoms with Gasteiger partial charge in [-0.3, -0.25) is 4.79 Å². The third-order valence-corrected chi connectivity index (χ3v) is 4.73. The zero-order chi connectivity index (χ0) is 15.5. The SMILES string of the molecule is COCC(C)(c1ccc(Br)cc1)c1csc(CC(N)=O)n1. The van der Waals surface area contributed by atoms with Crippen LogP contribution in [0.1, 0.15) is 23.2 Å². The average molecular weight is 369 g/mol. The number of methoxy groups -OCH3 is 1. The molecule has 0 bridgehead atoms.